The zero-order chi connectivity index (χ0) is 34.2. The fourth-order valence-corrected chi connectivity index (χ4v) is 8.94. The van der Waals surface area contributed by atoms with Gasteiger partial charge in [0, 0.05) is 37.4 Å². The molecule has 0 atom stereocenters. The first-order valence-corrected chi connectivity index (χ1v) is 18.3. The molecule has 52 heavy (non-hydrogen) atoms. The van der Waals surface area contributed by atoms with E-state index < -0.39 is 0 Å². The van der Waals surface area contributed by atoms with Crippen LogP contribution in [0.4, 0.5) is 0 Å². The third-order valence-electron chi connectivity index (χ3n) is 10.3. The van der Waals surface area contributed by atoms with E-state index in [4.69, 9.17) is 14.4 Å². The minimum atomic E-state index is 0.711. The third kappa shape index (κ3) is 4.51. The fraction of sp³-hybridized carbons (Fsp3) is 0. The van der Waals surface area contributed by atoms with E-state index in [1.54, 1.807) is 11.3 Å². The summed E-state index contributed by atoms with van der Waals surface area (Å²) in [7, 11) is 0. The van der Waals surface area contributed by atoms with Gasteiger partial charge >= 0.3 is 0 Å². The number of furan rings is 1. The van der Waals surface area contributed by atoms with Gasteiger partial charge < -0.3 is 4.42 Å². The van der Waals surface area contributed by atoms with Crippen molar-refractivity contribution in [1.82, 2.24) is 9.97 Å². The van der Waals surface area contributed by atoms with E-state index in [9.17, 15) is 0 Å². The minimum Gasteiger partial charge on any atom is -0.455 e. The Bertz CT molecular complexity index is 3170. The molecule has 3 nitrogen and oxygen atoms in total. The molecular formula is C48H28N2OS. The summed E-state index contributed by atoms with van der Waals surface area (Å²) in [5.74, 6) is 0.711. The van der Waals surface area contributed by atoms with E-state index in [0.29, 0.717) is 5.82 Å². The molecule has 3 aromatic heterocycles. The lowest BCUT2D eigenvalue weighted by molar-refractivity contribution is 0.673. The van der Waals surface area contributed by atoms with Crippen LogP contribution in [0, 0.1) is 0 Å². The van der Waals surface area contributed by atoms with E-state index in [0.717, 1.165) is 76.3 Å². The highest BCUT2D eigenvalue weighted by atomic mass is 32.1. The number of aromatic nitrogens is 2. The van der Waals surface area contributed by atoms with Crippen LogP contribution in [0.3, 0.4) is 0 Å². The number of benzene rings is 8. The van der Waals surface area contributed by atoms with Gasteiger partial charge in [0.1, 0.15) is 11.2 Å². The van der Waals surface area contributed by atoms with Gasteiger partial charge in [-0.2, -0.15) is 0 Å². The van der Waals surface area contributed by atoms with Crippen molar-refractivity contribution in [2.24, 2.45) is 0 Å². The van der Waals surface area contributed by atoms with Crippen LogP contribution in [-0.2, 0) is 0 Å². The van der Waals surface area contributed by atoms with Crippen molar-refractivity contribution in [3.05, 3.63) is 170 Å². The fourth-order valence-electron chi connectivity index (χ4n) is 7.79. The summed E-state index contributed by atoms with van der Waals surface area (Å²) in [5.41, 5.74) is 10.5. The number of nitrogens with zero attached hydrogens (tertiary/aromatic N) is 2. The van der Waals surface area contributed by atoms with E-state index in [2.05, 4.69) is 164 Å². The number of rotatable bonds is 4. The molecule has 11 rings (SSSR count). The second kappa shape index (κ2) is 11.5. The van der Waals surface area contributed by atoms with Gasteiger partial charge in [0.25, 0.3) is 0 Å². The van der Waals surface area contributed by atoms with Gasteiger partial charge in [-0.3, -0.25) is 0 Å². The van der Waals surface area contributed by atoms with Gasteiger partial charge in [-0.05, 0) is 62.7 Å². The molecule has 0 amide bonds. The highest BCUT2D eigenvalue weighted by Crippen LogP contribution is 2.43. The van der Waals surface area contributed by atoms with Crippen molar-refractivity contribution >= 4 is 75.1 Å². The molecule has 0 aliphatic carbocycles. The first kappa shape index (κ1) is 29.1. The molecule has 0 unspecified atom stereocenters. The van der Waals surface area contributed by atoms with Crippen molar-refractivity contribution in [3.63, 3.8) is 0 Å². The maximum absolute atomic E-state index is 6.63. The molecule has 0 saturated heterocycles. The molecule has 3 heterocycles. The van der Waals surface area contributed by atoms with Crippen LogP contribution in [0.25, 0.3) is 109 Å². The minimum absolute atomic E-state index is 0.711. The predicted molar refractivity (Wildman–Crippen MR) is 219 cm³/mol. The smallest absolute Gasteiger partial charge is 0.161 e. The van der Waals surface area contributed by atoms with Gasteiger partial charge in [-0.1, -0.05) is 146 Å². The summed E-state index contributed by atoms with van der Waals surface area (Å²) >= 11 is 1.76. The standard InChI is InChI=1S/C48H28N2OS/c1-2-12-32(13-3-1)44-47-45(38-18-8-9-20-43(38)52-47)50-48(49-44)41-28-40-39-27-33(25-26-42(39)51-46(40)37-17-7-6-16-36(37)41)29-21-23-31(24-22-29)35-19-10-14-30-11-4-5-15-34(30)35/h1-28H. The zero-order valence-electron chi connectivity index (χ0n) is 27.9. The largest absolute Gasteiger partial charge is 0.455 e. The summed E-state index contributed by atoms with van der Waals surface area (Å²) in [6.07, 6.45) is 0. The Hall–Kier alpha value is -6.62. The van der Waals surface area contributed by atoms with Crippen molar-refractivity contribution in [2.75, 3.05) is 0 Å². The lowest BCUT2D eigenvalue weighted by Gasteiger charge is -2.10. The molecule has 0 radical (unpaired) electrons. The summed E-state index contributed by atoms with van der Waals surface area (Å²) in [4.78, 5) is 10.7. The molecule has 4 heteroatoms. The average Bonchev–Trinajstić information content (AvgIpc) is 3.78. The van der Waals surface area contributed by atoms with Crippen molar-refractivity contribution < 1.29 is 4.42 Å². The highest BCUT2D eigenvalue weighted by Gasteiger charge is 2.20. The van der Waals surface area contributed by atoms with Gasteiger partial charge in [-0.15, -0.1) is 11.3 Å². The van der Waals surface area contributed by atoms with Crippen molar-refractivity contribution in [3.8, 4) is 44.9 Å². The van der Waals surface area contributed by atoms with Gasteiger partial charge in [0.15, 0.2) is 5.82 Å². The molecule has 0 aliphatic rings. The number of hydrogen-bond acceptors (Lipinski definition) is 4. The Kier molecular flexibility index (Phi) is 6.42. The van der Waals surface area contributed by atoms with Crippen LogP contribution in [-0.4, -0.2) is 9.97 Å². The molecule has 8 aromatic carbocycles. The number of fused-ring (bicyclic) bond motifs is 9. The monoisotopic (exact) mass is 680 g/mol. The lowest BCUT2D eigenvalue weighted by Crippen LogP contribution is -1.94. The first-order valence-electron chi connectivity index (χ1n) is 17.5. The van der Waals surface area contributed by atoms with Crippen LogP contribution >= 0.6 is 11.3 Å². The van der Waals surface area contributed by atoms with Crippen molar-refractivity contribution in [2.45, 2.75) is 0 Å². The topological polar surface area (TPSA) is 38.9 Å². The predicted octanol–water partition coefficient (Wildman–Crippen LogP) is 13.7. The summed E-state index contributed by atoms with van der Waals surface area (Å²) in [6, 6.07) is 60.2. The number of thiophene rings is 1. The molecule has 11 aromatic rings. The molecule has 0 spiro atoms. The molecule has 0 N–H and O–H groups in total. The lowest BCUT2D eigenvalue weighted by atomic mass is 9.95. The second-order valence-corrected chi connectivity index (χ2v) is 14.4. The van der Waals surface area contributed by atoms with Crippen molar-refractivity contribution in [1.29, 1.82) is 0 Å². The van der Waals surface area contributed by atoms with E-state index >= 15 is 0 Å². The maximum atomic E-state index is 6.63. The Morgan fingerprint density at radius 2 is 1.12 bits per heavy atom. The SMILES string of the molecule is c1ccc(-c2nc(-c3cc4c5cc(-c6ccc(-c7cccc8ccccc78)cc6)ccc5oc4c4ccccc34)nc3c2sc2ccccc23)cc1. The van der Waals surface area contributed by atoms with E-state index in [1.807, 2.05) is 6.07 Å². The van der Waals surface area contributed by atoms with Gasteiger partial charge in [0.05, 0.1) is 15.9 Å². The summed E-state index contributed by atoms with van der Waals surface area (Å²) in [5, 5.41) is 7.90. The van der Waals surface area contributed by atoms with Gasteiger partial charge in [0.2, 0.25) is 0 Å². The molecular weight excluding hydrogens is 653 g/mol. The second-order valence-electron chi connectivity index (χ2n) is 13.3. The van der Waals surface area contributed by atoms with Crippen LogP contribution in [0.5, 0.6) is 0 Å². The third-order valence-corrected chi connectivity index (χ3v) is 11.5. The Balaban J connectivity index is 1.10. The summed E-state index contributed by atoms with van der Waals surface area (Å²) in [6.45, 7) is 0. The Morgan fingerprint density at radius 1 is 0.423 bits per heavy atom. The van der Waals surface area contributed by atoms with Crippen LogP contribution in [0.1, 0.15) is 0 Å². The molecule has 0 bridgehead atoms. The molecule has 0 fully saturated rings. The van der Waals surface area contributed by atoms with E-state index in [-0.39, 0.29) is 0 Å². The molecule has 242 valence electrons. The average molecular weight is 681 g/mol. The van der Waals surface area contributed by atoms with Crippen LogP contribution < -0.4 is 0 Å². The Morgan fingerprint density at radius 3 is 1.98 bits per heavy atom. The normalized spacial score (nSPS) is 11.8. The van der Waals surface area contributed by atoms with Crippen LogP contribution in [0.15, 0.2) is 174 Å². The highest BCUT2D eigenvalue weighted by molar-refractivity contribution is 7.26. The quantitative estimate of drug-likeness (QED) is 0.186. The first-order chi connectivity index (χ1) is 25.8. The summed E-state index contributed by atoms with van der Waals surface area (Å²) < 4.78 is 8.95. The maximum Gasteiger partial charge on any atom is 0.161 e. The molecule has 0 saturated carbocycles. The number of hydrogen-bond donors (Lipinski definition) is 0. The van der Waals surface area contributed by atoms with Crippen LogP contribution in [0.2, 0.25) is 0 Å². The molecule has 0 aliphatic heterocycles. The van der Waals surface area contributed by atoms with Gasteiger partial charge in [-0.25, -0.2) is 9.97 Å². The van der Waals surface area contributed by atoms with E-state index in [1.165, 1.54) is 26.6 Å². The zero-order valence-corrected chi connectivity index (χ0v) is 28.7. The Labute approximate surface area is 303 Å².